The molecule has 1 nitrogen and oxygen atoms in total. The van der Waals surface area contributed by atoms with Gasteiger partial charge < -0.3 is 4.90 Å². The lowest BCUT2D eigenvalue weighted by atomic mass is 9.85. The van der Waals surface area contributed by atoms with E-state index in [0.29, 0.717) is 5.92 Å². The Morgan fingerprint density at radius 1 is 1.11 bits per heavy atom. The third kappa shape index (κ3) is 2.16. The maximum atomic E-state index is 6.10. The first-order valence-electron chi connectivity index (χ1n) is 6.26. The van der Waals surface area contributed by atoms with E-state index in [0.717, 1.165) is 18.1 Å². The number of hydrogen-bond acceptors (Lipinski definition) is 1. The van der Waals surface area contributed by atoms with Crippen LogP contribution in [0.4, 0.5) is 0 Å². The summed E-state index contributed by atoms with van der Waals surface area (Å²) in [4.78, 5) is 2.36. The van der Waals surface area contributed by atoms with Gasteiger partial charge in [-0.2, -0.15) is 0 Å². The van der Waals surface area contributed by atoms with Crippen molar-refractivity contribution in [2.24, 2.45) is 0 Å². The molecule has 2 aromatic rings. The smallest absolute Gasteiger partial charge is 0.0409 e. The molecule has 0 fully saturated rings. The van der Waals surface area contributed by atoms with Gasteiger partial charge in [0.1, 0.15) is 0 Å². The second-order valence-electron chi connectivity index (χ2n) is 5.00. The Labute approximate surface area is 113 Å². The van der Waals surface area contributed by atoms with Crippen molar-refractivity contribution >= 4 is 11.6 Å². The Hall–Kier alpha value is -1.31. The lowest BCUT2D eigenvalue weighted by Gasteiger charge is -2.32. The van der Waals surface area contributed by atoms with Gasteiger partial charge in [-0.25, -0.2) is 0 Å². The van der Waals surface area contributed by atoms with Crippen LogP contribution in [0.1, 0.15) is 22.6 Å². The SMILES string of the molecule is CN1Cc2cc(Cl)ccc2[C@H](c2ccccc2)C1. The minimum Gasteiger partial charge on any atom is -0.301 e. The number of fused-ring (bicyclic) bond motifs is 1. The van der Waals surface area contributed by atoms with Crippen molar-refractivity contribution in [2.45, 2.75) is 12.5 Å². The molecule has 0 aromatic heterocycles. The molecule has 0 N–H and O–H groups in total. The van der Waals surface area contributed by atoms with Crippen LogP contribution in [0.3, 0.4) is 0 Å². The first kappa shape index (κ1) is 11.8. The average molecular weight is 258 g/mol. The minimum atomic E-state index is 0.456. The highest BCUT2D eigenvalue weighted by molar-refractivity contribution is 6.30. The fourth-order valence-electron chi connectivity index (χ4n) is 2.79. The van der Waals surface area contributed by atoms with Gasteiger partial charge in [0.05, 0.1) is 0 Å². The zero-order valence-corrected chi connectivity index (χ0v) is 11.2. The van der Waals surface area contributed by atoms with E-state index in [-0.39, 0.29) is 0 Å². The Morgan fingerprint density at radius 3 is 2.67 bits per heavy atom. The first-order valence-corrected chi connectivity index (χ1v) is 6.63. The van der Waals surface area contributed by atoms with Gasteiger partial charge in [-0.05, 0) is 35.9 Å². The standard InChI is InChI=1S/C16H16ClN/c1-18-10-13-9-14(17)7-8-15(13)16(11-18)12-5-3-2-4-6-12/h2-9,16H,10-11H2,1H3/t16-/m0/s1. The number of halogens is 1. The first-order chi connectivity index (χ1) is 8.74. The lowest BCUT2D eigenvalue weighted by Crippen LogP contribution is -2.30. The quantitative estimate of drug-likeness (QED) is 0.749. The Balaban J connectivity index is 2.08. The number of likely N-dealkylation sites (N-methyl/N-ethyl adjacent to an activating group) is 1. The highest BCUT2D eigenvalue weighted by atomic mass is 35.5. The van der Waals surface area contributed by atoms with Gasteiger partial charge in [0, 0.05) is 24.0 Å². The van der Waals surface area contributed by atoms with Crippen molar-refractivity contribution in [2.75, 3.05) is 13.6 Å². The molecule has 0 saturated carbocycles. The monoisotopic (exact) mass is 257 g/mol. The minimum absolute atomic E-state index is 0.456. The molecule has 1 aliphatic rings. The summed E-state index contributed by atoms with van der Waals surface area (Å²) in [5.41, 5.74) is 4.15. The molecule has 18 heavy (non-hydrogen) atoms. The van der Waals surface area contributed by atoms with Crippen molar-refractivity contribution in [3.63, 3.8) is 0 Å². The van der Waals surface area contributed by atoms with Gasteiger partial charge in [0.2, 0.25) is 0 Å². The van der Waals surface area contributed by atoms with E-state index in [9.17, 15) is 0 Å². The van der Waals surface area contributed by atoms with Crippen LogP contribution in [-0.2, 0) is 6.54 Å². The zero-order valence-electron chi connectivity index (χ0n) is 10.4. The van der Waals surface area contributed by atoms with E-state index < -0.39 is 0 Å². The van der Waals surface area contributed by atoms with E-state index in [2.05, 4.69) is 54.4 Å². The number of rotatable bonds is 1. The zero-order chi connectivity index (χ0) is 12.5. The van der Waals surface area contributed by atoms with Gasteiger partial charge in [-0.15, -0.1) is 0 Å². The lowest BCUT2D eigenvalue weighted by molar-refractivity contribution is 0.295. The van der Waals surface area contributed by atoms with Gasteiger partial charge in [0.25, 0.3) is 0 Å². The van der Waals surface area contributed by atoms with Crippen molar-refractivity contribution < 1.29 is 0 Å². The van der Waals surface area contributed by atoms with Crippen LogP contribution in [0.25, 0.3) is 0 Å². The Kier molecular flexibility index (Phi) is 3.11. The summed E-state index contributed by atoms with van der Waals surface area (Å²) in [6, 6.07) is 17.0. The molecule has 0 aliphatic carbocycles. The highest BCUT2D eigenvalue weighted by Crippen LogP contribution is 2.34. The van der Waals surface area contributed by atoms with E-state index in [1.807, 2.05) is 6.07 Å². The van der Waals surface area contributed by atoms with E-state index in [1.54, 1.807) is 0 Å². The summed E-state index contributed by atoms with van der Waals surface area (Å²) in [5, 5.41) is 0.830. The molecule has 0 unspecified atom stereocenters. The molecular weight excluding hydrogens is 242 g/mol. The topological polar surface area (TPSA) is 3.24 Å². The molecule has 0 saturated heterocycles. The highest BCUT2D eigenvalue weighted by Gasteiger charge is 2.24. The van der Waals surface area contributed by atoms with Crippen LogP contribution in [0.15, 0.2) is 48.5 Å². The van der Waals surface area contributed by atoms with Gasteiger partial charge in [-0.1, -0.05) is 48.0 Å². The maximum Gasteiger partial charge on any atom is 0.0409 e. The van der Waals surface area contributed by atoms with Crippen molar-refractivity contribution in [1.82, 2.24) is 4.90 Å². The second-order valence-corrected chi connectivity index (χ2v) is 5.44. The fourth-order valence-corrected chi connectivity index (χ4v) is 2.98. The molecular formula is C16H16ClN. The molecule has 2 heteroatoms. The molecule has 0 bridgehead atoms. The van der Waals surface area contributed by atoms with E-state index >= 15 is 0 Å². The number of nitrogens with zero attached hydrogens (tertiary/aromatic N) is 1. The predicted octanol–water partition coefficient (Wildman–Crippen LogP) is 3.92. The molecule has 1 heterocycles. The summed E-state index contributed by atoms with van der Waals surface area (Å²) in [6.45, 7) is 2.05. The molecule has 92 valence electrons. The summed E-state index contributed by atoms with van der Waals surface area (Å²) >= 11 is 6.10. The molecule has 1 aliphatic heterocycles. The van der Waals surface area contributed by atoms with Crippen molar-refractivity contribution in [1.29, 1.82) is 0 Å². The summed E-state index contributed by atoms with van der Waals surface area (Å²) in [7, 11) is 2.17. The van der Waals surface area contributed by atoms with E-state index in [4.69, 9.17) is 11.6 Å². The third-order valence-corrected chi connectivity index (χ3v) is 3.85. The molecule has 0 amide bonds. The van der Waals surface area contributed by atoms with Gasteiger partial charge in [0.15, 0.2) is 0 Å². The van der Waals surface area contributed by atoms with Gasteiger partial charge >= 0.3 is 0 Å². The third-order valence-electron chi connectivity index (χ3n) is 3.62. The van der Waals surface area contributed by atoms with Crippen LogP contribution in [-0.4, -0.2) is 18.5 Å². The van der Waals surface area contributed by atoms with Crippen LogP contribution >= 0.6 is 11.6 Å². The predicted molar refractivity (Wildman–Crippen MR) is 76.1 cm³/mol. The summed E-state index contributed by atoms with van der Waals surface area (Å²) in [6.07, 6.45) is 0. The average Bonchev–Trinajstić information content (AvgIpc) is 2.38. The second kappa shape index (κ2) is 4.75. The number of benzene rings is 2. The largest absolute Gasteiger partial charge is 0.301 e. The maximum absolute atomic E-state index is 6.10. The van der Waals surface area contributed by atoms with Gasteiger partial charge in [-0.3, -0.25) is 0 Å². The Morgan fingerprint density at radius 2 is 1.89 bits per heavy atom. The molecule has 3 rings (SSSR count). The van der Waals surface area contributed by atoms with Crippen LogP contribution < -0.4 is 0 Å². The summed E-state index contributed by atoms with van der Waals surface area (Å²) in [5.74, 6) is 0.456. The fraction of sp³-hybridized carbons (Fsp3) is 0.250. The van der Waals surface area contributed by atoms with Crippen LogP contribution in [0.5, 0.6) is 0 Å². The van der Waals surface area contributed by atoms with Crippen molar-refractivity contribution in [3.8, 4) is 0 Å². The van der Waals surface area contributed by atoms with Crippen LogP contribution in [0, 0.1) is 0 Å². The van der Waals surface area contributed by atoms with Crippen LogP contribution in [0.2, 0.25) is 5.02 Å². The molecule has 0 radical (unpaired) electrons. The number of hydrogen-bond donors (Lipinski definition) is 0. The molecule has 2 aromatic carbocycles. The molecule has 1 atom stereocenters. The van der Waals surface area contributed by atoms with E-state index in [1.165, 1.54) is 16.7 Å². The Bertz CT molecular complexity index is 550. The molecule has 0 spiro atoms. The normalized spacial score (nSPS) is 19.6. The summed E-state index contributed by atoms with van der Waals surface area (Å²) < 4.78 is 0. The van der Waals surface area contributed by atoms with Crippen molar-refractivity contribution in [3.05, 3.63) is 70.2 Å².